The van der Waals surface area contributed by atoms with Crippen molar-refractivity contribution >= 4 is 38.8 Å². The zero-order valence-corrected chi connectivity index (χ0v) is 27.3. The Morgan fingerprint density at radius 2 is 1.27 bits per heavy atom. The molecule has 0 N–H and O–H groups in total. The van der Waals surface area contributed by atoms with Crippen LogP contribution in [0.25, 0.3) is 49.9 Å². The van der Waals surface area contributed by atoms with Crippen LogP contribution in [0.4, 0.5) is 0 Å². The second-order valence-electron chi connectivity index (χ2n) is 13.5. The maximum absolute atomic E-state index is 5.27. The van der Waals surface area contributed by atoms with Gasteiger partial charge in [0.15, 0.2) is 0 Å². The van der Waals surface area contributed by atoms with Gasteiger partial charge in [0.1, 0.15) is 0 Å². The van der Waals surface area contributed by atoms with Crippen molar-refractivity contribution in [3.05, 3.63) is 186 Å². The van der Waals surface area contributed by atoms with Gasteiger partial charge in [-0.3, -0.25) is 0 Å². The zero-order chi connectivity index (χ0) is 32.2. The maximum atomic E-state index is 5.27. The van der Waals surface area contributed by atoms with E-state index in [-0.39, 0.29) is 5.41 Å². The molecule has 2 aliphatic rings. The number of hydrogen-bond donors (Lipinski definition) is 0. The number of rotatable bonds is 4. The first-order valence-electron chi connectivity index (χ1n) is 16.9. The lowest BCUT2D eigenvalue weighted by Gasteiger charge is -2.21. The predicted molar refractivity (Wildman–Crippen MR) is 203 cm³/mol. The first-order chi connectivity index (χ1) is 23.6. The molecule has 9 rings (SSSR count). The molecule has 0 spiro atoms. The minimum absolute atomic E-state index is 0.0633. The van der Waals surface area contributed by atoms with Crippen LogP contribution in [0.15, 0.2) is 163 Å². The molecule has 48 heavy (non-hydrogen) atoms. The van der Waals surface area contributed by atoms with Crippen LogP contribution in [-0.2, 0) is 5.41 Å². The number of para-hydroxylation sites is 1. The second-order valence-corrected chi connectivity index (χ2v) is 13.5. The highest BCUT2D eigenvalue weighted by Gasteiger charge is 2.36. The minimum Gasteiger partial charge on any atom is -0.309 e. The summed E-state index contributed by atoms with van der Waals surface area (Å²) in [7, 11) is 0. The monoisotopic (exact) mass is 616 g/mol. The molecule has 0 fully saturated rings. The van der Waals surface area contributed by atoms with Crippen LogP contribution in [0.1, 0.15) is 54.5 Å². The lowest BCUT2D eigenvalue weighted by molar-refractivity contribution is 0.661. The van der Waals surface area contributed by atoms with Gasteiger partial charge in [0.05, 0.1) is 22.4 Å². The minimum atomic E-state index is -0.0633. The first kappa shape index (κ1) is 28.5. The Hall–Kier alpha value is -5.73. The van der Waals surface area contributed by atoms with E-state index in [4.69, 9.17) is 4.99 Å². The molecule has 0 atom stereocenters. The van der Waals surface area contributed by atoms with Crippen molar-refractivity contribution in [2.45, 2.75) is 32.1 Å². The molecule has 2 heterocycles. The van der Waals surface area contributed by atoms with Gasteiger partial charge in [0, 0.05) is 27.4 Å². The summed E-state index contributed by atoms with van der Waals surface area (Å²) < 4.78 is 2.47. The molecular formula is C46H36N2. The number of fused-ring (bicyclic) bond motifs is 6. The van der Waals surface area contributed by atoms with Crippen LogP contribution in [-0.4, -0.2) is 10.3 Å². The topological polar surface area (TPSA) is 17.3 Å². The van der Waals surface area contributed by atoms with E-state index in [0.29, 0.717) is 0 Å². The normalized spacial score (nSPS) is 18.5. The van der Waals surface area contributed by atoms with Crippen molar-refractivity contribution in [2.24, 2.45) is 4.99 Å². The lowest BCUT2D eigenvalue weighted by Crippen LogP contribution is -2.14. The van der Waals surface area contributed by atoms with Crippen molar-refractivity contribution in [3.8, 4) is 16.8 Å². The molecule has 0 saturated heterocycles. The van der Waals surface area contributed by atoms with Crippen molar-refractivity contribution in [2.75, 3.05) is 0 Å². The Morgan fingerprint density at radius 1 is 0.562 bits per heavy atom. The van der Waals surface area contributed by atoms with Crippen molar-refractivity contribution in [1.29, 1.82) is 0 Å². The number of allylic oxidation sites excluding steroid dienone is 3. The molecule has 0 unspecified atom stereocenters. The second kappa shape index (κ2) is 11.2. The molecule has 1 aliphatic heterocycles. The Labute approximate surface area is 282 Å². The van der Waals surface area contributed by atoms with Gasteiger partial charge < -0.3 is 4.57 Å². The van der Waals surface area contributed by atoms with Crippen molar-refractivity contribution in [3.63, 3.8) is 0 Å². The van der Waals surface area contributed by atoms with Crippen LogP contribution >= 0.6 is 0 Å². The van der Waals surface area contributed by atoms with E-state index >= 15 is 0 Å². The smallest absolute Gasteiger partial charge is 0.0712 e. The highest BCUT2D eigenvalue weighted by molar-refractivity contribution is 6.15. The molecule has 6 aromatic carbocycles. The van der Waals surface area contributed by atoms with E-state index in [2.05, 4.69) is 176 Å². The average Bonchev–Trinajstić information content (AvgIpc) is 3.56. The maximum Gasteiger partial charge on any atom is 0.0712 e. The lowest BCUT2D eigenvalue weighted by atomic mass is 9.82. The summed E-state index contributed by atoms with van der Waals surface area (Å²) in [5.41, 5.74) is 15.9. The summed E-state index contributed by atoms with van der Waals surface area (Å²) >= 11 is 0. The van der Waals surface area contributed by atoms with E-state index in [1.165, 1.54) is 60.9 Å². The Bertz CT molecular complexity index is 2450. The SMILES string of the molecule is CC1(C)c2ccccc2-c2cc3c4ccccc4n(-c4cccc(/C5=C/C(c6ccccc6)=N\C(c6ccccc6)=C/CC5)c4)c3cc21. The van der Waals surface area contributed by atoms with Gasteiger partial charge in [-0.1, -0.05) is 135 Å². The zero-order valence-electron chi connectivity index (χ0n) is 27.3. The van der Waals surface area contributed by atoms with Crippen LogP contribution < -0.4 is 0 Å². The summed E-state index contributed by atoms with van der Waals surface area (Å²) in [5.74, 6) is 0. The fraction of sp³-hybridized carbons (Fsp3) is 0.109. The molecular weight excluding hydrogens is 581 g/mol. The molecule has 2 heteroatoms. The fourth-order valence-corrected chi connectivity index (χ4v) is 7.87. The van der Waals surface area contributed by atoms with Crippen LogP contribution in [0.5, 0.6) is 0 Å². The molecule has 0 amide bonds. The fourth-order valence-electron chi connectivity index (χ4n) is 7.87. The average molecular weight is 617 g/mol. The van der Waals surface area contributed by atoms with E-state index in [1.54, 1.807) is 0 Å². The van der Waals surface area contributed by atoms with Crippen LogP contribution in [0, 0.1) is 0 Å². The molecule has 1 aromatic heterocycles. The quantitative estimate of drug-likeness (QED) is 0.187. The molecule has 2 nitrogen and oxygen atoms in total. The Morgan fingerprint density at radius 3 is 2.10 bits per heavy atom. The Balaban J connectivity index is 1.21. The molecule has 0 radical (unpaired) electrons. The van der Waals surface area contributed by atoms with Gasteiger partial charge in [-0.05, 0) is 88.2 Å². The molecule has 230 valence electrons. The third kappa shape index (κ3) is 4.59. The Kier molecular flexibility index (Phi) is 6.65. The summed E-state index contributed by atoms with van der Waals surface area (Å²) in [5, 5.41) is 2.58. The van der Waals surface area contributed by atoms with Gasteiger partial charge in [0.25, 0.3) is 0 Å². The van der Waals surface area contributed by atoms with Gasteiger partial charge in [0.2, 0.25) is 0 Å². The largest absolute Gasteiger partial charge is 0.309 e. The highest BCUT2D eigenvalue weighted by Crippen LogP contribution is 2.51. The van der Waals surface area contributed by atoms with Crippen molar-refractivity contribution < 1.29 is 0 Å². The molecule has 0 saturated carbocycles. The summed E-state index contributed by atoms with van der Waals surface area (Å²) in [4.78, 5) is 5.27. The molecule has 0 bridgehead atoms. The number of hydrogen-bond acceptors (Lipinski definition) is 1. The third-order valence-electron chi connectivity index (χ3n) is 10.3. The van der Waals surface area contributed by atoms with E-state index in [9.17, 15) is 0 Å². The standard InChI is InChI=1S/C46H36N2/c1-46(2)40-24-11-9-22-36(40)38-29-39-37-23-10-12-26-44(37)48(45(39)30-41(38)46)35-21-13-19-33(27-35)34-20-14-25-42(31-15-5-3-6-16-31)47-43(28-34)32-17-7-4-8-18-32/h3-13,15-19,21-30H,14,20H2,1-2H3/b34-28+,42-25-,47-43+. The van der Waals surface area contributed by atoms with Gasteiger partial charge in [-0.25, -0.2) is 4.99 Å². The number of aromatic nitrogens is 1. The van der Waals surface area contributed by atoms with Crippen LogP contribution in [0.3, 0.4) is 0 Å². The summed E-state index contributed by atoms with van der Waals surface area (Å²) in [6, 6.07) is 52.9. The van der Waals surface area contributed by atoms with E-state index < -0.39 is 0 Å². The number of benzene rings is 6. The predicted octanol–water partition coefficient (Wildman–Crippen LogP) is 11.8. The number of nitrogens with zero attached hydrogens (tertiary/aromatic N) is 2. The number of aliphatic imine (C=N–C) groups is 1. The molecule has 1 aliphatic carbocycles. The van der Waals surface area contributed by atoms with Crippen LogP contribution in [0.2, 0.25) is 0 Å². The molecule has 7 aromatic rings. The third-order valence-corrected chi connectivity index (χ3v) is 10.3. The van der Waals surface area contributed by atoms with Crippen molar-refractivity contribution in [1.82, 2.24) is 4.57 Å². The van der Waals surface area contributed by atoms with E-state index in [1.807, 2.05) is 0 Å². The first-order valence-corrected chi connectivity index (χ1v) is 16.9. The van der Waals surface area contributed by atoms with Gasteiger partial charge in [-0.2, -0.15) is 0 Å². The summed E-state index contributed by atoms with van der Waals surface area (Å²) in [6.45, 7) is 4.73. The van der Waals surface area contributed by atoms with E-state index in [0.717, 1.165) is 35.4 Å². The summed E-state index contributed by atoms with van der Waals surface area (Å²) in [6.07, 6.45) is 6.45. The van der Waals surface area contributed by atoms with Gasteiger partial charge in [-0.15, -0.1) is 0 Å². The highest BCUT2D eigenvalue weighted by atomic mass is 15.0. The van der Waals surface area contributed by atoms with Gasteiger partial charge >= 0.3 is 0 Å².